The lowest BCUT2D eigenvalue weighted by molar-refractivity contribution is 0.596. The fraction of sp³-hybridized carbons (Fsp3) is 0.267. The summed E-state index contributed by atoms with van der Waals surface area (Å²) in [6, 6.07) is 4.03. The molecule has 0 unspecified atom stereocenters. The van der Waals surface area contributed by atoms with Crippen LogP contribution in [0.25, 0.3) is 22.7 Å². The van der Waals surface area contributed by atoms with Crippen LogP contribution in [0.15, 0.2) is 41.4 Å². The molecule has 6 heteroatoms. The summed E-state index contributed by atoms with van der Waals surface area (Å²) in [6.45, 7) is 2.24. The summed E-state index contributed by atoms with van der Waals surface area (Å²) in [5.41, 5.74) is 3.10. The Labute approximate surface area is 120 Å². The number of hydrogen-bond donors (Lipinski definition) is 0. The van der Waals surface area contributed by atoms with Gasteiger partial charge in [0.1, 0.15) is 12.1 Å². The largest absolute Gasteiger partial charge is 0.431 e. The zero-order valence-corrected chi connectivity index (χ0v) is 11.5. The fourth-order valence-corrected chi connectivity index (χ4v) is 2.80. The van der Waals surface area contributed by atoms with E-state index in [9.17, 15) is 0 Å². The molecule has 0 spiro atoms. The Kier molecular flexibility index (Phi) is 1.86. The first-order valence-corrected chi connectivity index (χ1v) is 7.01. The van der Waals surface area contributed by atoms with Gasteiger partial charge in [-0.25, -0.2) is 4.98 Å². The first-order valence-electron chi connectivity index (χ1n) is 7.01. The molecule has 0 saturated heterocycles. The second-order valence-corrected chi connectivity index (χ2v) is 5.93. The molecule has 1 saturated carbocycles. The Morgan fingerprint density at radius 3 is 2.95 bits per heavy atom. The number of imidazole rings is 1. The van der Waals surface area contributed by atoms with E-state index in [1.165, 1.54) is 12.8 Å². The highest BCUT2D eigenvalue weighted by atomic mass is 16.3. The lowest BCUT2D eigenvalue weighted by atomic mass is 10.1. The van der Waals surface area contributed by atoms with Gasteiger partial charge in [0, 0.05) is 29.6 Å². The summed E-state index contributed by atoms with van der Waals surface area (Å²) >= 11 is 0. The van der Waals surface area contributed by atoms with Gasteiger partial charge in [-0.05, 0) is 25.0 Å². The van der Waals surface area contributed by atoms with Gasteiger partial charge in [0.2, 0.25) is 0 Å². The maximum absolute atomic E-state index is 5.46. The average Bonchev–Trinajstić information content (AvgIpc) is 2.92. The van der Waals surface area contributed by atoms with Crippen LogP contribution in [0.4, 0.5) is 0 Å². The van der Waals surface area contributed by atoms with Crippen molar-refractivity contribution in [1.29, 1.82) is 0 Å². The minimum atomic E-state index is 0.179. The normalized spacial score (nSPS) is 16.8. The summed E-state index contributed by atoms with van der Waals surface area (Å²) in [5.74, 6) is 1.65. The SMILES string of the molecule is CC1(c2nnc3ccc(-c4coc5nccn45)cn23)CC1. The summed E-state index contributed by atoms with van der Waals surface area (Å²) in [5, 5.41) is 8.64. The molecule has 1 aliphatic carbocycles. The van der Waals surface area contributed by atoms with Crippen LogP contribution in [0, 0.1) is 0 Å². The quantitative estimate of drug-likeness (QED) is 0.566. The molecular formula is C15H13N5O. The van der Waals surface area contributed by atoms with Gasteiger partial charge in [0.25, 0.3) is 0 Å². The molecule has 6 nitrogen and oxygen atoms in total. The lowest BCUT2D eigenvalue weighted by Gasteiger charge is -2.07. The molecule has 4 heterocycles. The van der Waals surface area contributed by atoms with Gasteiger partial charge < -0.3 is 4.42 Å². The number of nitrogens with zero attached hydrogens (tertiary/aromatic N) is 5. The molecule has 0 atom stereocenters. The van der Waals surface area contributed by atoms with Crippen molar-refractivity contribution in [2.75, 3.05) is 0 Å². The molecule has 0 amide bonds. The Bertz CT molecular complexity index is 972. The highest BCUT2D eigenvalue weighted by molar-refractivity contribution is 5.63. The van der Waals surface area contributed by atoms with Crippen LogP contribution >= 0.6 is 0 Å². The van der Waals surface area contributed by atoms with Crippen LogP contribution in [0.3, 0.4) is 0 Å². The van der Waals surface area contributed by atoms with Crippen molar-refractivity contribution in [2.45, 2.75) is 25.2 Å². The van der Waals surface area contributed by atoms with Gasteiger partial charge in [-0.3, -0.25) is 8.80 Å². The van der Waals surface area contributed by atoms with Crippen LogP contribution in [-0.4, -0.2) is 24.0 Å². The number of hydrogen-bond acceptors (Lipinski definition) is 4. The van der Waals surface area contributed by atoms with Crippen LogP contribution in [-0.2, 0) is 5.41 Å². The first-order chi connectivity index (χ1) is 10.2. The number of oxazole rings is 1. The zero-order valence-electron chi connectivity index (χ0n) is 11.5. The van der Waals surface area contributed by atoms with Crippen molar-refractivity contribution >= 4 is 11.5 Å². The van der Waals surface area contributed by atoms with Crippen molar-refractivity contribution in [3.05, 3.63) is 42.8 Å². The fourth-order valence-electron chi connectivity index (χ4n) is 2.80. The van der Waals surface area contributed by atoms with E-state index in [-0.39, 0.29) is 5.41 Å². The lowest BCUT2D eigenvalue weighted by Crippen LogP contribution is -2.06. The molecule has 4 aromatic rings. The Morgan fingerprint density at radius 2 is 2.10 bits per heavy atom. The van der Waals surface area contributed by atoms with E-state index >= 15 is 0 Å². The predicted molar refractivity (Wildman–Crippen MR) is 76.0 cm³/mol. The second kappa shape index (κ2) is 3.52. The molecule has 0 radical (unpaired) electrons. The summed E-state index contributed by atoms with van der Waals surface area (Å²) in [7, 11) is 0. The van der Waals surface area contributed by atoms with E-state index in [1.54, 1.807) is 12.5 Å². The van der Waals surface area contributed by atoms with Gasteiger partial charge in [0.15, 0.2) is 5.65 Å². The van der Waals surface area contributed by atoms with Gasteiger partial charge in [0.05, 0.1) is 5.69 Å². The van der Waals surface area contributed by atoms with Crippen molar-refractivity contribution in [2.24, 2.45) is 0 Å². The Balaban J connectivity index is 1.75. The van der Waals surface area contributed by atoms with Crippen LogP contribution in [0.5, 0.6) is 0 Å². The Morgan fingerprint density at radius 1 is 1.19 bits per heavy atom. The molecule has 104 valence electrons. The van der Waals surface area contributed by atoms with Gasteiger partial charge in [-0.2, -0.15) is 0 Å². The molecule has 5 rings (SSSR count). The van der Waals surface area contributed by atoms with Crippen LogP contribution in [0.2, 0.25) is 0 Å². The average molecular weight is 279 g/mol. The van der Waals surface area contributed by atoms with Crippen LogP contribution in [0.1, 0.15) is 25.6 Å². The molecular weight excluding hydrogens is 266 g/mol. The summed E-state index contributed by atoms with van der Waals surface area (Å²) in [6.07, 6.45) is 9.79. The minimum Gasteiger partial charge on any atom is -0.431 e. The standard InChI is InChI=1S/C15H13N5O/c1-15(4-5-15)13-18-17-12-3-2-10(8-20(12)13)11-9-21-14-16-6-7-19(11)14/h2-3,6-9H,4-5H2,1H3. The van der Waals surface area contributed by atoms with E-state index < -0.39 is 0 Å². The van der Waals surface area contributed by atoms with E-state index in [4.69, 9.17) is 4.42 Å². The monoisotopic (exact) mass is 279 g/mol. The van der Waals surface area contributed by atoms with E-state index in [0.29, 0.717) is 5.84 Å². The third kappa shape index (κ3) is 1.44. The molecule has 21 heavy (non-hydrogen) atoms. The van der Waals surface area contributed by atoms with Gasteiger partial charge in [-0.15, -0.1) is 10.2 Å². The van der Waals surface area contributed by atoms with Crippen LogP contribution < -0.4 is 0 Å². The maximum Gasteiger partial charge on any atom is 0.306 e. The van der Waals surface area contributed by atoms with Crippen molar-refractivity contribution in [3.63, 3.8) is 0 Å². The number of pyridine rings is 1. The van der Waals surface area contributed by atoms with Gasteiger partial charge in [-0.1, -0.05) is 6.92 Å². The molecule has 4 aromatic heterocycles. The number of aromatic nitrogens is 5. The highest BCUT2D eigenvalue weighted by Gasteiger charge is 2.43. The van der Waals surface area contributed by atoms with E-state index in [1.807, 2.05) is 22.7 Å². The third-order valence-electron chi connectivity index (χ3n) is 4.38. The number of fused-ring (bicyclic) bond motifs is 2. The van der Waals surface area contributed by atoms with Crippen molar-refractivity contribution in [1.82, 2.24) is 24.0 Å². The van der Waals surface area contributed by atoms with Crippen molar-refractivity contribution in [3.8, 4) is 11.3 Å². The Hall–Kier alpha value is -2.63. The summed E-state index contributed by atoms with van der Waals surface area (Å²) in [4.78, 5) is 4.15. The topological polar surface area (TPSA) is 60.6 Å². The minimum absolute atomic E-state index is 0.179. The van der Waals surface area contributed by atoms with Gasteiger partial charge >= 0.3 is 5.84 Å². The smallest absolute Gasteiger partial charge is 0.306 e. The maximum atomic E-state index is 5.46. The highest BCUT2D eigenvalue weighted by Crippen LogP contribution is 2.46. The second-order valence-electron chi connectivity index (χ2n) is 5.93. The predicted octanol–water partition coefficient (Wildman–Crippen LogP) is 2.69. The molecule has 0 aromatic carbocycles. The molecule has 0 aliphatic heterocycles. The molecule has 1 fully saturated rings. The molecule has 0 bridgehead atoms. The third-order valence-corrected chi connectivity index (χ3v) is 4.38. The summed E-state index contributed by atoms with van der Waals surface area (Å²) < 4.78 is 9.49. The van der Waals surface area contributed by atoms with E-state index in [0.717, 1.165) is 22.7 Å². The molecule has 1 aliphatic rings. The van der Waals surface area contributed by atoms with E-state index in [2.05, 4.69) is 32.7 Å². The van der Waals surface area contributed by atoms with Crippen molar-refractivity contribution < 1.29 is 4.42 Å². The zero-order chi connectivity index (χ0) is 14.0. The number of rotatable bonds is 2. The first kappa shape index (κ1) is 11.1. The molecule has 0 N–H and O–H groups in total.